The first-order valence-corrected chi connectivity index (χ1v) is 8.97. The SMILES string of the molecule is CC1([C@H]2C[C@H]3CSC(N)=N[C@@]3(c3ccc(F)cc3F)CO2)CC1. The number of hydrogen-bond acceptors (Lipinski definition) is 4. The second kappa shape index (κ2) is 5.18. The Balaban J connectivity index is 1.74. The molecule has 1 saturated carbocycles. The van der Waals surface area contributed by atoms with E-state index in [9.17, 15) is 8.78 Å². The highest BCUT2D eigenvalue weighted by atomic mass is 32.2. The molecule has 3 nitrogen and oxygen atoms in total. The number of halogens is 2. The first kappa shape index (κ1) is 15.4. The minimum atomic E-state index is -0.825. The first-order chi connectivity index (χ1) is 10.9. The average Bonchev–Trinajstić information content (AvgIpc) is 3.25. The molecule has 1 aromatic rings. The minimum Gasteiger partial charge on any atom is -0.379 e. The van der Waals surface area contributed by atoms with Gasteiger partial charge in [0.25, 0.3) is 0 Å². The van der Waals surface area contributed by atoms with Crippen molar-refractivity contribution in [3.05, 3.63) is 35.4 Å². The zero-order chi connectivity index (χ0) is 16.2. The summed E-state index contributed by atoms with van der Waals surface area (Å²) in [5.41, 5.74) is 5.76. The van der Waals surface area contributed by atoms with Crippen LogP contribution in [-0.2, 0) is 10.3 Å². The van der Waals surface area contributed by atoms with E-state index in [4.69, 9.17) is 10.5 Å². The third kappa shape index (κ3) is 2.47. The Kier molecular flexibility index (Phi) is 3.47. The van der Waals surface area contributed by atoms with Gasteiger partial charge < -0.3 is 10.5 Å². The van der Waals surface area contributed by atoms with Crippen molar-refractivity contribution in [1.82, 2.24) is 0 Å². The quantitative estimate of drug-likeness (QED) is 0.899. The predicted molar refractivity (Wildman–Crippen MR) is 87.3 cm³/mol. The van der Waals surface area contributed by atoms with Gasteiger partial charge in [0.05, 0.1) is 12.7 Å². The van der Waals surface area contributed by atoms with Gasteiger partial charge in [-0.15, -0.1) is 0 Å². The van der Waals surface area contributed by atoms with Gasteiger partial charge in [-0.2, -0.15) is 0 Å². The maximum atomic E-state index is 14.5. The molecule has 4 rings (SSSR count). The summed E-state index contributed by atoms with van der Waals surface area (Å²) in [4.78, 5) is 4.60. The van der Waals surface area contributed by atoms with Crippen LogP contribution in [0.1, 0.15) is 31.7 Å². The van der Waals surface area contributed by atoms with Crippen LogP contribution < -0.4 is 5.73 Å². The van der Waals surface area contributed by atoms with E-state index in [1.54, 1.807) is 0 Å². The Morgan fingerprint density at radius 1 is 1.35 bits per heavy atom. The monoisotopic (exact) mass is 338 g/mol. The number of rotatable bonds is 2. The standard InChI is InChI=1S/C17H20F2N2OS/c1-16(4-5-16)14-6-10-8-23-15(20)21-17(10,9-22-14)12-3-2-11(18)7-13(12)19/h2-3,7,10,14H,4-6,8-9H2,1H3,(H2,20,21)/t10-,14+,17-/m0/s1. The molecular formula is C17H20F2N2OS. The summed E-state index contributed by atoms with van der Waals surface area (Å²) in [6.07, 6.45) is 3.40. The van der Waals surface area contributed by atoms with Crippen molar-refractivity contribution < 1.29 is 13.5 Å². The molecule has 2 heterocycles. The van der Waals surface area contributed by atoms with E-state index in [1.807, 2.05) is 0 Å². The summed E-state index contributed by atoms with van der Waals surface area (Å²) in [6.45, 7) is 2.55. The lowest BCUT2D eigenvalue weighted by atomic mass is 9.73. The Labute approximate surface area is 138 Å². The number of aliphatic imine (C=N–C) groups is 1. The van der Waals surface area contributed by atoms with Crippen LogP contribution in [0.25, 0.3) is 0 Å². The topological polar surface area (TPSA) is 47.6 Å². The van der Waals surface area contributed by atoms with Gasteiger partial charge in [-0.05, 0) is 30.7 Å². The molecule has 6 heteroatoms. The highest BCUT2D eigenvalue weighted by molar-refractivity contribution is 8.13. The summed E-state index contributed by atoms with van der Waals surface area (Å²) in [5.74, 6) is -0.210. The number of amidine groups is 1. The molecule has 1 aromatic carbocycles. The molecular weight excluding hydrogens is 318 g/mol. The summed E-state index contributed by atoms with van der Waals surface area (Å²) in [5, 5.41) is 0.449. The molecule has 0 aromatic heterocycles. The molecule has 0 radical (unpaired) electrons. The Bertz CT molecular complexity index is 677. The van der Waals surface area contributed by atoms with E-state index < -0.39 is 17.2 Å². The molecule has 3 atom stereocenters. The van der Waals surface area contributed by atoms with Crippen molar-refractivity contribution in [1.29, 1.82) is 0 Å². The lowest BCUT2D eigenvalue weighted by molar-refractivity contribution is -0.0861. The van der Waals surface area contributed by atoms with Gasteiger partial charge in [0.15, 0.2) is 5.17 Å². The molecule has 2 N–H and O–H groups in total. The summed E-state index contributed by atoms with van der Waals surface area (Å²) in [7, 11) is 0. The number of fused-ring (bicyclic) bond motifs is 1. The highest BCUT2D eigenvalue weighted by Crippen LogP contribution is 2.56. The number of thioether (sulfide) groups is 1. The summed E-state index contributed by atoms with van der Waals surface area (Å²) < 4.78 is 33.9. The zero-order valence-corrected chi connectivity index (χ0v) is 13.8. The second-order valence-corrected chi connectivity index (χ2v) is 8.24. The molecule has 124 valence electrons. The minimum absolute atomic E-state index is 0.149. The van der Waals surface area contributed by atoms with E-state index >= 15 is 0 Å². The maximum absolute atomic E-state index is 14.5. The van der Waals surface area contributed by atoms with Crippen LogP contribution in [0.5, 0.6) is 0 Å². The van der Waals surface area contributed by atoms with Gasteiger partial charge >= 0.3 is 0 Å². The summed E-state index contributed by atoms with van der Waals surface area (Å²) >= 11 is 1.51. The van der Waals surface area contributed by atoms with Gasteiger partial charge in [-0.25, -0.2) is 13.8 Å². The van der Waals surface area contributed by atoms with Gasteiger partial charge in [0.1, 0.15) is 17.2 Å². The molecule has 3 aliphatic rings. The molecule has 2 fully saturated rings. The van der Waals surface area contributed by atoms with E-state index in [0.717, 1.165) is 18.2 Å². The lowest BCUT2D eigenvalue weighted by Gasteiger charge is -2.47. The largest absolute Gasteiger partial charge is 0.379 e. The lowest BCUT2D eigenvalue weighted by Crippen LogP contribution is -2.51. The van der Waals surface area contributed by atoms with Crippen molar-refractivity contribution in [2.45, 2.75) is 37.8 Å². The van der Waals surface area contributed by atoms with Crippen LogP contribution >= 0.6 is 11.8 Å². The Morgan fingerprint density at radius 2 is 2.13 bits per heavy atom. The smallest absolute Gasteiger partial charge is 0.154 e. The van der Waals surface area contributed by atoms with Crippen molar-refractivity contribution in [2.75, 3.05) is 12.4 Å². The average molecular weight is 338 g/mol. The number of hydrogen-bond donors (Lipinski definition) is 1. The zero-order valence-electron chi connectivity index (χ0n) is 13.0. The molecule has 23 heavy (non-hydrogen) atoms. The van der Waals surface area contributed by atoms with Crippen LogP contribution in [0.3, 0.4) is 0 Å². The number of nitrogens with two attached hydrogens (primary N) is 1. The third-order valence-electron chi connectivity index (χ3n) is 5.63. The van der Waals surface area contributed by atoms with Crippen LogP contribution in [0.4, 0.5) is 8.78 Å². The van der Waals surface area contributed by atoms with Crippen LogP contribution in [0.2, 0.25) is 0 Å². The fourth-order valence-electron chi connectivity index (χ4n) is 3.81. The van der Waals surface area contributed by atoms with Gasteiger partial charge in [-0.1, -0.05) is 24.8 Å². The Morgan fingerprint density at radius 3 is 2.83 bits per heavy atom. The van der Waals surface area contributed by atoms with E-state index in [2.05, 4.69) is 11.9 Å². The predicted octanol–water partition coefficient (Wildman–Crippen LogP) is 3.43. The van der Waals surface area contributed by atoms with Crippen molar-refractivity contribution >= 4 is 16.9 Å². The summed E-state index contributed by atoms with van der Waals surface area (Å²) in [6, 6.07) is 3.70. The molecule has 1 aliphatic carbocycles. The van der Waals surface area contributed by atoms with Crippen molar-refractivity contribution in [3.63, 3.8) is 0 Å². The second-order valence-electron chi connectivity index (χ2n) is 7.20. The molecule has 0 spiro atoms. The molecule has 0 amide bonds. The number of benzene rings is 1. The molecule has 2 aliphatic heterocycles. The van der Waals surface area contributed by atoms with Gasteiger partial charge in [-0.3, -0.25) is 0 Å². The van der Waals surface area contributed by atoms with Crippen LogP contribution in [0.15, 0.2) is 23.2 Å². The number of nitrogens with zero attached hydrogens (tertiary/aromatic N) is 1. The fourth-order valence-corrected chi connectivity index (χ4v) is 4.83. The van der Waals surface area contributed by atoms with Gasteiger partial charge in [0.2, 0.25) is 0 Å². The van der Waals surface area contributed by atoms with Gasteiger partial charge in [0, 0.05) is 23.3 Å². The highest BCUT2D eigenvalue weighted by Gasteiger charge is 2.55. The number of ether oxygens (including phenoxy) is 1. The molecule has 0 unspecified atom stereocenters. The maximum Gasteiger partial charge on any atom is 0.154 e. The van der Waals surface area contributed by atoms with Crippen molar-refractivity contribution in [3.8, 4) is 0 Å². The van der Waals surface area contributed by atoms with E-state index in [1.165, 1.54) is 36.7 Å². The molecule has 0 bridgehead atoms. The third-order valence-corrected chi connectivity index (χ3v) is 6.59. The Hall–Kier alpha value is -1.14. The van der Waals surface area contributed by atoms with Crippen molar-refractivity contribution in [2.24, 2.45) is 22.1 Å². The van der Waals surface area contributed by atoms with E-state index in [-0.39, 0.29) is 17.4 Å². The first-order valence-electron chi connectivity index (χ1n) is 7.98. The van der Waals surface area contributed by atoms with E-state index in [0.29, 0.717) is 17.3 Å². The fraction of sp³-hybridized carbons (Fsp3) is 0.588. The normalized spacial score (nSPS) is 35.3. The van der Waals surface area contributed by atoms with Crippen LogP contribution in [0, 0.1) is 23.0 Å². The van der Waals surface area contributed by atoms with Crippen LogP contribution in [-0.4, -0.2) is 23.6 Å². The molecule has 1 saturated heterocycles.